The standard InChI is InChI=1S/C10H18O5/c11-4-7-1-8(5-12)3-10(2-7,6-13)9(14)15/h7-8,11-13H,1-6H2,(H,14,15). The first-order valence-electron chi connectivity index (χ1n) is 5.14. The van der Waals surface area contributed by atoms with Gasteiger partial charge >= 0.3 is 5.97 Å². The maximum Gasteiger partial charge on any atom is 0.312 e. The molecule has 0 spiro atoms. The van der Waals surface area contributed by atoms with Gasteiger partial charge in [-0.2, -0.15) is 0 Å². The largest absolute Gasteiger partial charge is 0.481 e. The smallest absolute Gasteiger partial charge is 0.312 e. The van der Waals surface area contributed by atoms with Crippen molar-refractivity contribution in [1.29, 1.82) is 0 Å². The van der Waals surface area contributed by atoms with Crippen LogP contribution in [0.4, 0.5) is 0 Å². The normalized spacial score (nSPS) is 36.5. The van der Waals surface area contributed by atoms with Crippen LogP contribution >= 0.6 is 0 Å². The lowest BCUT2D eigenvalue weighted by molar-refractivity contribution is -0.158. The summed E-state index contributed by atoms with van der Waals surface area (Å²) in [5.41, 5.74) is -1.18. The van der Waals surface area contributed by atoms with Crippen molar-refractivity contribution in [3.05, 3.63) is 0 Å². The van der Waals surface area contributed by atoms with Crippen LogP contribution in [0.3, 0.4) is 0 Å². The van der Waals surface area contributed by atoms with Crippen LogP contribution in [0.5, 0.6) is 0 Å². The van der Waals surface area contributed by atoms with Gasteiger partial charge in [0.25, 0.3) is 0 Å². The van der Waals surface area contributed by atoms with Crippen molar-refractivity contribution in [1.82, 2.24) is 0 Å². The van der Waals surface area contributed by atoms with Crippen molar-refractivity contribution in [2.24, 2.45) is 17.3 Å². The molecule has 15 heavy (non-hydrogen) atoms. The summed E-state index contributed by atoms with van der Waals surface area (Å²) in [5, 5.41) is 36.4. The van der Waals surface area contributed by atoms with Crippen molar-refractivity contribution in [3.63, 3.8) is 0 Å². The molecule has 1 rings (SSSR count). The third kappa shape index (κ3) is 2.48. The molecule has 1 saturated carbocycles. The van der Waals surface area contributed by atoms with E-state index in [0.29, 0.717) is 6.42 Å². The van der Waals surface area contributed by atoms with Gasteiger partial charge in [-0.15, -0.1) is 0 Å². The number of aliphatic carboxylic acids is 1. The molecule has 0 heterocycles. The quantitative estimate of drug-likeness (QED) is 0.507. The van der Waals surface area contributed by atoms with Gasteiger partial charge in [0.15, 0.2) is 0 Å². The third-order valence-corrected chi connectivity index (χ3v) is 3.30. The molecule has 1 fully saturated rings. The van der Waals surface area contributed by atoms with E-state index >= 15 is 0 Å². The van der Waals surface area contributed by atoms with Gasteiger partial charge in [0.2, 0.25) is 0 Å². The van der Waals surface area contributed by atoms with Crippen molar-refractivity contribution < 1.29 is 25.2 Å². The fraction of sp³-hybridized carbons (Fsp3) is 0.900. The predicted molar refractivity (Wildman–Crippen MR) is 52.2 cm³/mol. The Bertz CT molecular complexity index is 216. The minimum atomic E-state index is -1.18. The fourth-order valence-corrected chi connectivity index (χ4v) is 2.48. The molecule has 0 aromatic rings. The number of carboxylic acid groups (broad SMARTS) is 1. The van der Waals surface area contributed by atoms with E-state index in [-0.39, 0.29) is 37.9 Å². The van der Waals surface area contributed by atoms with Crippen LogP contribution in [0.25, 0.3) is 0 Å². The van der Waals surface area contributed by atoms with Gasteiger partial charge in [0.05, 0.1) is 12.0 Å². The fourth-order valence-electron chi connectivity index (χ4n) is 2.48. The zero-order chi connectivity index (χ0) is 11.5. The molecular weight excluding hydrogens is 200 g/mol. The number of hydrogen-bond donors (Lipinski definition) is 4. The molecule has 0 aliphatic heterocycles. The van der Waals surface area contributed by atoms with Crippen molar-refractivity contribution in [3.8, 4) is 0 Å². The summed E-state index contributed by atoms with van der Waals surface area (Å²) < 4.78 is 0. The van der Waals surface area contributed by atoms with Gasteiger partial charge < -0.3 is 20.4 Å². The number of aliphatic hydroxyl groups excluding tert-OH is 3. The van der Waals surface area contributed by atoms with E-state index in [0.717, 1.165) is 0 Å². The number of aliphatic hydroxyl groups is 3. The van der Waals surface area contributed by atoms with Crippen LogP contribution in [-0.4, -0.2) is 46.2 Å². The molecule has 0 saturated heterocycles. The summed E-state index contributed by atoms with van der Waals surface area (Å²) in [4.78, 5) is 11.1. The molecule has 5 heteroatoms. The topological polar surface area (TPSA) is 98.0 Å². The molecule has 0 aromatic carbocycles. The van der Waals surface area contributed by atoms with Crippen molar-refractivity contribution in [2.45, 2.75) is 19.3 Å². The average Bonchev–Trinajstić information content (AvgIpc) is 2.27. The molecule has 0 bridgehead atoms. The SMILES string of the molecule is O=C(O)C1(CO)CC(CO)CC(CO)C1. The second kappa shape index (κ2) is 4.92. The molecular formula is C10H18O5. The minimum absolute atomic E-state index is 0.0917. The number of carbonyl (C=O) groups is 1. The highest BCUT2D eigenvalue weighted by Crippen LogP contribution is 2.42. The molecule has 2 atom stereocenters. The Labute approximate surface area is 88.4 Å². The Morgan fingerprint density at radius 3 is 1.87 bits per heavy atom. The van der Waals surface area contributed by atoms with E-state index in [1.807, 2.05) is 0 Å². The van der Waals surface area contributed by atoms with Crippen LogP contribution in [-0.2, 0) is 4.79 Å². The highest BCUT2D eigenvalue weighted by atomic mass is 16.4. The van der Waals surface area contributed by atoms with Crippen LogP contribution in [0.2, 0.25) is 0 Å². The van der Waals surface area contributed by atoms with E-state index < -0.39 is 18.0 Å². The molecule has 0 aromatic heterocycles. The maximum atomic E-state index is 11.1. The summed E-state index contributed by atoms with van der Waals surface area (Å²) in [6, 6.07) is 0. The van der Waals surface area contributed by atoms with E-state index in [4.69, 9.17) is 15.3 Å². The lowest BCUT2D eigenvalue weighted by Crippen LogP contribution is -2.44. The van der Waals surface area contributed by atoms with Gasteiger partial charge in [-0.1, -0.05) is 0 Å². The summed E-state index contributed by atoms with van der Waals surface area (Å²) in [6.07, 6.45) is 1.19. The molecule has 88 valence electrons. The Morgan fingerprint density at radius 1 is 1.13 bits per heavy atom. The summed E-state index contributed by atoms with van der Waals surface area (Å²) in [7, 11) is 0. The van der Waals surface area contributed by atoms with E-state index in [1.54, 1.807) is 0 Å². The first-order chi connectivity index (χ1) is 7.07. The first-order valence-corrected chi connectivity index (χ1v) is 5.14. The lowest BCUT2D eigenvalue weighted by atomic mass is 9.66. The second-order valence-corrected chi connectivity index (χ2v) is 4.48. The van der Waals surface area contributed by atoms with E-state index in [1.165, 1.54) is 0 Å². The second-order valence-electron chi connectivity index (χ2n) is 4.48. The Balaban J connectivity index is 2.82. The maximum absolute atomic E-state index is 11.1. The monoisotopic (exact) mass is 218 g/mol. The van der Waals surface area contributed by atoms with Gasteiger partial charge in [-0.3, -0.25) is 4.79 Å². The summed E-state index contributed by atoms with van der Waals surface area (Å²) in [6.45, 7) is -0.619. The molecule has 0 radical (unpaired) electrons. The molecule has 4 N–H and O–H groups in total. The van der Waals surface area contributed by atoms with Crippen LogP contribution in [0.15, 0.2) is 0 Å². The number of carboxylic acids is 1. The number of rotatable bonds is 4. The third-order valence-electron chi connectivity index (χ3n) is 3.30. The predicted octanol–water partition coefficient (Wildman–Crippen LogP) is -0.549. The Morgan fingerprint density at radius 2 is 1.60 bits per heavy atom. The highest BCUT2D eigenvalue weighted by molar-refractivity contribution is 5.75. The van der Waals surface area contributed by atoms with Crippen molar-refractivity contribution in [2.75, 3.05) is 19.8 Å². The number of hydrogen-bond acceptors (Lipinski definition) is 4. The zero-order valence-corrected chi connectivity index (χ0v) is 8.59. The summed E-state index contributed by atoms with van der Waals surface area (Å²) in [5.74, 6) is -1.32. The van der Waals surface area contributed by atoms with Gasteiger partial charge in [-0.25, -0.2) is 0 Å². The van der Waals surface area contributed by atoms with E-state index in [2.05, 4.69) is 0 Å². The minimum Gasteiger partial charge on any atom is -0.481 e. The molecule has 0 amide bonds. The van der Waals surface area contributed by atoms with Crippen LogP contribution in [0.1, 0.15) is 19.3 Å². The van der Waals surface area contributed by atoms with Crippen LogP contribution in [0, 0.1) is 17.3 Å². The molecule has 5 nitrogen and oxygen atoms in total. The molecule has 1 aliphatic rings. The highest BCUT2D eigenvalue weighted by Gasteiger charge is 2.45. The summed E-state index contributed by atoms with van der Waals surface area (Å²) >= 11 is 0. The van der Waals surface area contributed by atoms with Gasteiger partial charge in [0.1, 0.15) is 0 Å². The Hall–Kier alpha value is -0.650. The van der Waals surface area contributed by atoms with Gasteiger partial charge in [-0.05, 0) is 31.1 Å². The molecule has 1 aliphatic carbocycles. The van der Waals surface area contributed by atoms with E-state index in [9.17, 15) is 9.90 Å². The average molecular weight is 218 g/mol. The Kier molecular flexibility index (Phi) is 4.07. The zero-order valence-electron chi connectivity index (χ0n) is 8.59. The van der Waals surface area contributed by atoms with Crippen LogP contribution < -0.4 is 0 Å². The first kappa shape index (κ1) is 12.4. The van der Waals surface area contributed by atoms with Gasteiger partial charge in [0, 0.05) is 13.2 Å². The lowest BCUT2D eigenvalue weighted by Gasteiger charge is -2.39. The van der Waals surface area contributed by atoms with Crippen molar-refractivity contribution >= 4 is 5.97 Å². The molecule has 2 unspecified atom stereocenters.